The van der Waals surface area contributed by atoms with Crippen LogP contribution in [0.15, 0.2) is 33.5 Å². The first-order valence-electron chi connectivity index (χ1n) is 6.92. The van der Waals surface area contributed by atoms with E-state index in [1.54, 1.807) is 6.07 Å². The monoisotopic (exact) mass is 274 g/mol. The predicted octanol–water partition coefficient (Wildman–Crippen LogP) is 0.737. The van der Waals surface area contributed by atoms with E-state index in [1.165, 1.54) is 0 Å². The lowest BCUT2D eigenvalue weighted by Crippen LogP contribution is -2.45. The molecule has 1 aromatic carbocycles. The fourth-order valence-corrected chi connectivity index (χ4v) is 2.78. The number of benzene rings is 1. The third-order valence-corrected chi connectivity index (χ3v) is 3.69. The third-order valence-electron chi connectivity index (χ3n) is 3.69. The molecule has 2 N–H and O–H groups in total. The normalized spacial score (nSPS) is 15.8. The minimum atomic E-state index is -0.311. The summed E-state index contributed by atoms with van der Waals surface area (Å²) in [7, 11) is 0. The van der Waals surface area contributed by atoms with Crippen LogP contribution in [-0.4, -0.2) is 37.9 Å². The number of hydrogen-bond donors (Lipinski definition) is 2. The minimum absolute atomic E-state index is 0.0204. The second kappa shape index (κ2) is 5.64. The van der Waals surface area contributed by atoms with E-state index < -0.39 is 0 Å². The SMILES string of the molecule is O=c1oc2ccccc2c(CCO)c1N1CCNCC1. The maximum absolute atomic E-state index is 12.3. The van der Waals surface area contributed by atoms with E-state index in [2.05, 4.69) is 10.2 Å². The second-order valence-electron chi connectivity index (χ2n) is 4.92. The minimum Gasteiger partial charge on any atom is -0.421 e. The van der Waals surface area contributed by atoms with Gasteiger partial charge in [-0.05, 0) is 18.1 Å². The van der Waals surface area contributed by atoms with Crippen molar-refractivity contribution in [3.63, 3.8) is 0 Å². The van der Waals surface area contributed by atoms with Gasteiger partial charge in [0.2, 0.25) is 0 Å². The molecule has 0 amide bonds. The van der Waals surface area contributed by atoms with Crippen LogP contribution in [0.4, 0.5) is 5.69 Å². The lowest BCUT2D eigenvalue weighted by atomic mass is 10.0. The van der Waals surface area contributed by atoms with E-state index >= 15 is 0 Å². The van der Waals surface area contributed by atoms with Gasteiger partial charge in [0.25, 0.3) is 0 Å². The highest BCUT2D eigenvalue weighted by Gasteiger charge is 2.21. The molecule has 5 heteroatoms. The Balaban J connectivity index is 2.20. The highest BCUT2D eigenvalue weighted by molar-refractivity contribution is 5.85. The number of fused-ring (bicyclic) bond motifs is 1. The summed E-state index contributed by atoms with van der Waals surface area (Å²) in [5.41, 5.74) is 1.77. The van der Waals surface area contributed by atoms with Crippen molar-refractivity contribution in [2.45, 2.75) is 6.42 Å². The number of anilines is 1. The molecule has 1 saturated heterocycles. The molecule has 1 aliphatic heterocycles. The van der Waals surface area contributed by atoms with E-state index in [0.717, 1.165) is 37.1 Å². The number of aliphatic hydroxyl groups is 1. The Labute approximate surface area is 116 Å². The molecular formula is C15H18N2O3. The van der Waals surface area contributed by atoms with E-state index in [1.807, 2.05) is 18.2 Å². The van der Waals surface area contributed by atoms with Crippen molar-refractivity contribution in [3.8, 4) is 0 Å². The van der Waals surface area contributed by atoms with Gasteiger partial charge in [0, 0.05) is 38.2 Å². The number of rotatable bonds is 3. The Bertz CT molecular complexity index is 660. The Hall–Kier alpha value is -1.85. The van der Waals surface area contributed by atoms with Crippen LogP contribution in [0.3, 0.4) is 0 Å². The molecule has 106 valence electrons. The van der Waals surface area contributed by atoms with Crippen LogP contribution in [0.2, 0.25) is 0 Å². The molecule has 1 aliphatic rings. The molecule has 0 unspecified atom stereocenters. The summed E-state index contributed by atoms with van der Waals surface area (Å²) < 4.78 is 5.43. The van der Waals surface area contributed by atoms with Crippen LogP contribution in [0.1, 0.15) is 5.56 Å². The van der Waals surface area contributed by atoms with Gasteiger partial charge in [0.05, 0.1) is 0 Å². The Morgan fingerprint density at radius 1 is 1.25 bits per heavy atom. The molecule has 0 radical (unpaired) electrons. The molecule has 0 saturated carbocycles. The van der Waals surface area contributed by atoms with Crippen molar-refractivity contribution in [1.29, 1.82) is 0 Å². The fraction of sp³-hybridized carbons (Fsp3) is 0.400. The molecule has 0 bridgehead atoms. The Morgan fingerprint density at radius 2 is 2.00 bits per heavy atom. The van der Waals surface area contributed by atoms with Gasteiger partial charge in [-0.2, -0.15) is 0 Å². The molecule has 5 nitrogen and oxygen atoms in total. The van der Waals surface area contributed by atoms with Crippen LogP contribution in [0.5, 0.6) is 0 Å². The van der Waals surface area contributed by atoms with Gasteiger partial charge in [0.15, 0.2) is 0 Å². The topological polar surface area (TPSA) is 65.7 Å². The number of para-hydroxylation sites is 1. The van der Waals surface area contributed by atoms with Gasteiger partial charge in [0.1, 0.15) is 11.3 Å². The van der Waals surface area contributed by atoms with Crippen LogP contribution in [0.25, 0.3) is 11.0 Å². The zero-order valence-electron chi connectivity index (χ0n) is 11.3. The van der Waals surface area contributed by atoms with Crippen molar-refractivity contribution in [3.05, 3.63) is 40.2 Å². The molecule has 20 heavy (non-hydrogen) atoms. The molecule has 1 fully saturated rings. The molecule has 1 aromatic heterocycles. The van der Waals surface area contributed by atoms with E-state index in [4.69, 9.17) is 4.42 Å². The van der Waals surface area contributed by atoms with Crippen molar-refractivity contribution < 1.29 is 9.52 Å². The first-order valence-corrected chi connectivity index (χ1v) is 6.92. The average Bonchev–Trinajstić information content (AvgIpc) is 2.48. The highest BCUT2D eigenvalue weighted by Crippen LogP contribution is 2.26. The largest absolute Gasteiger partial charge is 0.421 e. The van der Waals surface area contributed by atoms with Crippen molar-refractivity contribution in [2.24, 2.45) is 0 Å². The van der Waals surface area contributed by atoms with Crippen LogP contribution in [0, 0.1) is 0 Å². The fourth-order valence-electron chi connectivity index (χ4n) is 2.78. The van der Waals surface area contributed by atoms with E-state index in [-0.39, 0.29) is 12.2 Å². The number of nitrogens with zero attached hydrogens (tertiary/aromatic N) is 1. The smallest absolute Gasteiger partial charge is 0.360 e. The summed E-state index contributed by atoms with van der Waals surface area (Å²) in [6, 6.07) is 7.50. The maximum atomic E-state index is 12.3. The maximum Gasteiger partial charge on any atom is 0.360 e. The van der Waals surface area contributed by atoms with Gasteiger partial charge in [-0.25, -0.2) is 4.79 Å². The molecule has 2 heterocycles. The van der Waals surface area contributed by atoms with Crippen molar-refractivity contribution in [1.82, 2.24) is 5.32 Å². The van der Waals surface area contributed by atoms with Crippen LogP contribution < -0.4 is 15.8 Å². The van der Waals surface area contributed by atoms with Crippen molar-refractivity contribution in [2.75, 3.05) is 37.7 Å². The van der Waals surface area contributed by atoms with Gasteiger partial charge in [-0.15, -0.1) is 0 Å². The third kappa shape index (κ3) is 2.30. The lowest BCUT2D eigenvalue weighted by Gasteiger charge is -2.30. The Kier molecular flexibility index (Phi) is 3.71. The first-order chi connectivity index (χ1) is 9.81. The zero-order chi connectivity index (χ0) is 13.9. The molecule has 2 aromatic rings. The van der Waals surface area contributed by atoms with Crippen LogP contribution >= 0.6 is 0 Å². The molecule has 3 rings (SSSR count). The number of nitrogens with one attached hydrogen (secondary N) is 1. The zero-order valence-corrected chi connectivity index (χ0v) is 11.3. The first kappa shape index (κ1) is 13.1. The summed E-state index contributed by atoms with van der Waals surface area (Å²) >= 11 is 0. The summed E-state index contributed by atoms with van der Waals surface area (Å²) in [5.74, 6) is 0. The Morgan fingerprint density at radius 3 is 2.75 bits per heavy atom. The van der Waals surface area contributed by atoms with Crippen molar-refractivity contribution >= 4 is 16.7 Å². The van der Waals surface area contributed by atoms with Crippen LogP contribution in [-0.2, 0) is 6.42 Å². The predicted molar refractivity (Wildman–Crippen MR) is 78.4 cm³/mol. The lowest BCUT2D eigenvalue weighted by molar-refractivity contribution is 0.300. The van der Waals surface area contributed by atoms with Gasteiger partial charge >= 0.3 is 5.63 Å². The summed E-state index contributed by atoms with van der Waals surface area (Å²) in [5, 5.41) is 13.5. The van der Waals surface area contributed by atoms with Gasteiger partial charge in [-0.3, -0.25) is 0 Å². The summed E-state index contributed by atoms with van der Waals surface area (Å²) in [6.07, 6.45) is 0.464. The number of piperazine rings is 1. The number of aliphatic hydroxyl groups excluding tert-OH is 1. The summed E-state index contributed by atoms with van der Waals surface area (Å²) in [4.78, 5) is 14.4. The standard InChI is InChI=1S/C15H18N2O3/c18-10-5-12-11-3-1-2-4-13(11)20-15(19)14(12)17-8-6-16-7-9-17/h1-4,16,18H,5-10H2. The van der Waals surface area contributed by atoms with E-state index in [9.17, 15) is 9.90 Å². The summed E-state index contributed by atoms with van der Waals surface area (Å²) in [6.45, 7) is 3.28. The molecule has 0 aliphatic carbocycles. The molecule has 0 spiro atoms. The number of hydrogen-bond acceptors (Lipinski definition) is 5. The van der Waals surface area contributed by atoms with E-state index in [0.29, 0.717) is 17.7 Å². The highest BCUT2D eigenvalue weighted by atomic mass is 16.4. The second-order valence-corrected chi connectivity index (χ2v) is 4.92. The molecule has 0 atom stereocenters. The van der Waals surface area contributed by atoms with Gasteiger partial charge in [-0.1, -0.05) is 18.2 Å². The quantitative estimate of drug-likeness (QED) is 0.808. The molecular weight excluding hydrogens is 256 g/mol. The average molecular weight is 274 g/mol. The van der Waals surface area contributed by atoms with Gasteiger partial charge < -0.3 is 19.7 Å².